The number of hydrogen-bond donors (Lipinski definition) is 2. The highest BCUT2D eigenvalue weighted by atomic mass is 19.1. The van der Waals surface area contributed by atoms with Crippen LogP contribution < -0.4 is 10.9 Å². The molecule has 3 saturated heterocycles. The number of benzene rings is 2. The number of likely N-dealkylation sites (tertiary alicyclic amines) is 2. The molecular weight excluding hydrogens is 794 g/mol. The normalized spacial score (nSPS) is 21.5. The molecule has 0 unspecified atom stereocenters. The van der Waals surface area contributed by atoms with Crippen LogP contribution in [0.4, 0.5) is 9.18 Å². The maximum absolute atomic E-state index is 15.1. The van der Waals surface area contributed by atoms with Crippen molar-refractivity contribution in [1.29, 1.82) is 0 Å². The van der Waals surface area contributed by atoms with Gasteiger partial charge in [0.15, 0.2) is 0 Å². The number of H-pyrrole nitrogens is 1. The molecule has 0 radical (unpaired) electrons. The minimum absolute atomic E-state index is 0.0149. The molecule has 4 heterocycles. The molecule has 7 rings (SSSR count). The van der Waals surface area contributed by atoms with Crippen molar-refractivity contribution in [1.82, 2.24) is 35.1 Å². The van der Waals surface area contributed by atoms with Crippen LogP contribution in [0.5, 0.6) is 0 Å². The molecule has 4 amide bonds. The van der Waals surface area contributed by atoms with Gasteiger partial charge in [0.2, 0.25) is 11.8 Å². The number of aromatic amines is 1. The Morgan fingerprint density at radius 2 is 1.56 bits per heavy atom. The minimum Gasteiger partial charge on any atom is -0.444 e. The molecule has 3 atom stereocenters. The zero-order valence-corrected chi connectivity index (χ0v) is 36.8. The molecule has 1 saturated carbocycles. The van der Waals surface area contributed by atoms with Gasteiger partial charge in [-0.3, -0.25) is 24.1 Å². The highest BCUT2D eigenvalue weighted by Gasteiger charge is 2.40. The molecule has 1 aromatic heterocycles. The average molecular weight is 858 g/mol. The molecule has 3 aliphatic heterocycles. The van der Waals surface area contributed by atoms with E-state index in [0.29, 0.717) is 74.3 Å². The first-order valence-electron chi connectivity index (χ1n) is 22.7. The lowest BCUT2D eigenvalue weighted by Gasteiger charge is -2.43. The number of hydrogen-bond acceptors (Lipinski definition) is 9. The Hall–Kier alpha value is -4.89. The topological polar surface area (TPSA) is 157 Å². The molecule has 15 heteroatoms. The Morgan fingerprint density at radius 1 is 0.871 bits per heavy atom. The molecule has 336 valence electrons. The van der Waals surface area contributed by atoms with E-state index in [1.165, 1.54) is 6.07 Å². The van der Waals surface area contributed by atoms with Crippen LogP contribution in [0.25, 0.3) is 10.8 Å². The lowest BCUT2D eigenvalue weighted by atomic mass is 9.82. The van der Waals surface area contributed by atoms with Crippen molar-refractivity contribution in [3.05, 3.63) is 75.5 Å². The number of halogens is 1. The first-order chi connectivity index (χ1) is 29.8. The number of rotatable bonds is 11. The number of aromatic nitrogens is 2. The molecule has 62 heavy (non-hydrogen) atoms. The second kappa shape index (κ2) is 20.1. The van der Waals surface area contributed by atoms with E-state index in [0.717, 1.165) is 70.9 Å². The van der Waals surface area contributed by atoms with Crippen molar-refractivity contribution in [2.75, 3.05) is 58.9 Å². The van der Waals surface area contributed by atoms with E-state index in [4.69, 9.17) is 9.47 Å². The Morgan fingerprint density at radius 3 is 2.26 bits per heavy atom. The minimum atomic E-state index is -0.650. The fraction of sp³-hybridized carbons (Fsp3) is 0.617. The summed E-state index contributed by atoms with van der Waals surface area (Å²) in [6.45, 7) is 11.9. The van der Waals surface area contributed by atoms with Gasteiger partial charge in [0.25, 0.3) is 11.5 Å². The van der Waals surface area contributed by atoms with E-state index in [2.05, 4.69) is 27.3 Å². The third kappa shape index (κ3) is 11.2. The van der Waals surface area contributed by atoms with Crippen molar-refractivity contribution < 1.29 is 33.0 Å². The fourth-order valence-corrected chi connectivity index (χ4v) is 9.68. The van der Waals surface area contributed by atoms with Crippen LogP contribution in [0.15, 0.2) is 47.3 Å². The second-order valence-corrected chi connectivity index (χ2v) is 18.6. The predicted molar refractivity (Wildman–Crippen MR) is 233 cm³/mol. The molecule has 1 aliphatic carbocycles. The SMILES string of the molecule is CC[C@H]1CN(C(=O)[C@H](NC(=O)OC(C)(C)C)C2CCCCC2)CC[C@@H]1OC1CCN(CC(=O)N2CCN(C(=O)c3cc(Cc4n[nH]c(=O)c5ccccc45)ccc3F)CC2)CC1. The number of fused-ring (bicyclic) bond motifs is 1. The Labute approximate surface area is 363 Å². The molecule has 2 aromatic carbocycles. The highest BCUT2D eigenvalue weighted by molar-refractivity contribution is 5.95. The van der Waals surface area contributed by atoms with Gasteiger partial charge in [-0.25, -0.2) is 14.3 Å². The summed E-state index contributed by atoms with van der Waals surface area (Å²) in [7, 11) is 0. The third-order valence-corrected chi connectivity index (χ3v) is 13.1. The van der Waals surface area contributed by atoms with E-state index in [9.17, 15) is 24.0 Å². The summed E-state index contributed by atoms with van der Waals surface area (Å²) in [4.78, 5) is 73.6. The predicted octanol–water partition coefficient (Wildman–Crippen LogP) is 5.52. The zero-order valence-electron chi connectivity index (χ0n) is 36.8. The van der Waals surface area contributed by atoms with Crippen LogP contribution in [0, 0.1) is 17.7 Å². The number of nitrogens with zero attached hydrogens (tertiary/aromatic N) is 5. The number of piperazine rings is 1. The van der Waals surface area contributed by atoms with Gasteiger partial charge in [0.05, 0.1) is 35.4 Å². The molecule has 0 bridgehead atoms. The molecule has 4 fully saturated rings. The summed E-state index contributed by atoms with van der Waals surface area (Å²) in [5.74, 6) is -0.738. The molecule has 4 aliphatic rings. The zero-order chi connectivity index (χ0) is 44.0. The van der Waals surface area contributed by atoms with Crippen molar-refractivity contribution in [2.45, 2.75) is 116 Å². The summed E-state index contributed by atoms with van der Waals surface area (Å²) < 4.78 is 27.4. The van der Waals surface area contributed by atoms with E-state index in [1.807, 2.05) is 37.8 Å². The number of carbonyl (C=O) groups is 4. The quantitative estimate of drug-likeness (QED) is 0.254. The van der Waals surface area contributed by atoms with E-state index >= 15 is 4.39 Å². The number of ether oxygens (including phenoxy) is 2. The van der Waals surface area contributed by atoms with Gasteiger partial charge in [0, 0.05) is 70.1 Å². The lowest BCUT2D eigenvalue weighted by molar-refractivity contribution is -0.144. The van der Waals surface area contributed by atoms with Gasteiger partial charge in [-0.1, -0.05) is 50.5 Å². The maximum Gasteiger partial charge on any atom is 0.408 e. The van der Waals surface area contributed by atoms with Crippen molar-refractivity contribution >= 4 is 34.6 Å². The second-order valence-electron chi connectivity index (χ2n) is 18.6. The largest absolute Gasteiger partial charge is 0.444 e. The van der Waals surface area contributed by atoms with Crippen LogP contribution in [0.2, 0.25) is 0 Å². The third-order valence-electron chi connectivity index (χ3n) is 13.1. The molecule has 3 aromatic rings. The number of piperidine rings is 2. The van der Waals surface area contributed by atoms with Gasteiger partial charge in [-0.2, -0.15) is 5.10 Å². The smallest absolute Gasteiger partial charge is 0.408 e. The van der Waals surface area contributed by atoms with Gasteiger partial charge in [0.1, 0.15) is 17.5 Å². The van der Waals surface area contributed by atoms with Gasteiger partial charge in [-0.05, 0) is 89.0 Å². The lowest BCUT2D eigenvalue weighted by Crippen LogP contribution is -2.57. The summed E-state index contributed by atoms with van der Waals surface area (Å²) in [5.41, 5.74) is 0.357. The molecular formula is C47H64FN7O7. The summed E-state index contributed by atoms with van der Waals surface area (Å²) >= 11 is 0. The van der Waals surface area contributed by atoms with Gasteiger partial charge in [-0.15, -0.1) is 0 Å². The number of carbonyl (C=O) groups excluding carboxylic acids is 4. The first kappa shape index (κ1) is 45.1. The standard InChI is InChI=1S/C47H64FN7O7/c1-5-32-29-55(45(59)42(33-11-7-6-8-12-33)49-46(60)62-47(2,3)4)22-19-40(32)61-34-17-20-52(21-18-34)30-41(56)53-23-25-54(26-24-53)44(58)37-27-31(15-16-38(37)48)28-39-35-13-9-10-14-36(35)43(57)51-50-39/h9-10,13-16,27,32-34,40,42H,5-8,11-12,17-26,28-30H2,1-4H3,(H,49,60)(H,51,57)/t32-,40-,42+/m0/s1. The summed E-state index contributed by atoms with van der Waals surface area (Å²) in [6.07, 6.45) is 8.24. The summed E-state index contributed by atoms with van der Waals surface area (Å²) in [5, 5.41) is 10.9. The summed E-state index contributed by atoms with van der Waals surface area (Å²) in [6, 6.07) is 11.0. The molecule has 2 N–H and O–H groups in total. The van der Waals surface area contributed by atoms with Gasteiger partial charge >= 0.3 is 6.09 Å². The number of nitrogens with one attached hydrogen (secondary N) is 2. The van der Waals surface area contributed by atoms with Crippen LogP contribution in [-0.4, -0.2) is 136 Å². The van der Waals surface area contributed by atoms with E-state index in [-0.39, 0.29) is 47.0 Å². The van der Waals surface area contributed by atoms with Gasteiger partial charge < -0.3 is 29.5 Å². The maximum atomic E-state index is 15.1. The fourth-order valence-electron chi connectivity index (χ4n) is 9.68. The van der Waals surface area contributed by atoms with Crippen LogP contribution >= 0.6 is 0 Å². The first-order valence-corrected chi connectivity index (χ1v) is 22.7. The highest BCUT2D eigenvalue weighted by Crippen LogP contribution is 2.31. The van der Waals surface area contributed by atoms with Crippen molar-refractivity contribution in [3.63, 3.8) is 0 Å². The van der Waals surface area contributed by atoms with Crippen LogP contribution in [0.1, 0.15) is 107 Å². The van der Waals surface area contributed by atoms with Crippen LogP contribution in [-0.2, 0) is 25.5 Å². The Kier molecular flexibility index (Phi) is 14.6. The van der Waals surface area contributed by atoms with Crippen molar-refractivity contribution in [2.24, 2.45) is 11.8 Å². The molecule has 0 spiro atoms. The van der Waals surface area contributed by atoms with Crippen molar-refractivity contribution in [3.8, 4) is 0 Å². The van der Waals surface area contributed by atoms with E-state index in [1.54, 1.807) is 34.1 Å². The Balaban J connectivity index is 0.852. The van der Waals surface area contributed by atoms with Crippen LogP contribution in [0.3, 0.4) is 0 Å². The number of alkyl carbamates (subject to hydrolysis) is 1. The average Bonchev–Trinajstić information content (AvgIpc) is 3.27. The Bertz CT molecular complexity index is 2120. The monoisotopic (exact) mass is 857 g/mol. The number of amides is 4. The molecule has 14 nitrogen and oxygen atoms in total. The van der Waals surface area contributed by atoms with E-state index < -0.39 is 29.5 Å².